The van der Waals surface area contributed by atoms with Gasteiger partial charge >= 0.3 is 12.1 Å². The molecule has 9 heteroatoms. The third kappa shape index (κ3) is 5.91. The molecule has 1 N–H and O–H groups in total. The van der Waals surface area contributed by atoms with Crippen molar-refractivity contribution < 1.29 is 31.7 Å². The lowest BCUT2D eigenvalue weighted by atomic mass is 10.1. The van der Waals surface area contributed by atoms with Gasteiger partial charge in [-0.1, -0.05) is 24.3 Å². The highest BCUT2D eigenvalue weighted by Crippen LogP contribution is 2.29. The molecule has 2 rings (SSSR count). The van der Waals surface area contributed by atoms with Crippen molar-refractivity contribution in [2.75, 3.05) is 12.9 Å². The predicted molar refractivity (Wildman–Crippen MR) is 97.0 cm³/mol. The van der Waals surface area contributed by atoms with Crippen molar-refractivity contribution in [3.63, 3.8) is 0 Å². The SMILES string of the molecule is COC(=O)[C@H](CC[S@](=O)c1ccccc1)NC(=O)c1cccc(C(F)(F)F)c1. The van der Waals surface area contributed by atoms with Crippen LogP contribution in [0.2, 0.25) is 0 Å². The van der Waals surface area contributed by atoms with Crippen LogP contribution in [0.5, 0.6) is 0 Å². The predicted octanol–water partition coefficient (Wildman–Crippen LogP) is 3.17. The summed E-state index contributed by atoms with van der Waals surface area (Å²) in [6.45, 7) is 0. The summed E-state index contributed by atoms with van der Waals surface area (Å²) in [6.07, 6.45) is -4.59. The molecular formula is C19H18F3NO4S. The van der Waals surface area contributed by atoms with Gasteiger partial charge in [-0.05, 0) is 36.8 Å². The first-order valence-electron chi connectivity index (χ1n) is 8.21. The number of hydrogen-bond donors (Lipinski definition) is 1. The van der Waals surface area contributed by atoms with Crippen LogP contribution in [-0.2, 0) is 26.5 Å². The number of nitrogens with one attached hydrogen (secondary N) is 1. The topological polar surface area (TPSA) is 72.5 Å². The van der Waals surface area contributed by atoms with Crippen LogP contribution in [0.3, 0.4) is 0 Å². The highest BCUT2D eigenvalue weighted by atomic mass is 32.2. The lowest BCUT2D eigenvalue weighted by Crippen LogP contribution is -2.42. The Bertz CT molecular complexity index is 856. The number of ether oxygens (including phenoxy) is 1. The summed E-state index contributed by atoms with van der Waals surface area (Å²) in [5.74, 6) is -1.57. The van der Waals surface area contributed by atoms with Crippen LogP contribution >= 0.6 is 0 Å². The molecule has 0 aliphatic carbocycles. The molecule has 0 aliphatic rings. The van der Waals surface area contributed by atoms with Gasteiger partial charge < -0.3 is 10.1 Å². The van der Waals surface area contributed by atoms with E-state index in [9.17, 15) is 27.0 Å². The van der Waals surface area contributed by atoms with E-state index in [1.165, 1.54) is 6.07 Å². The Labute approximate surface area is 162 Å². The molecule has 28 heavy (non-hydrogen) atoms. The molecule has 0 aromatic heterocycles. The molecular weight excluding hydrogens is 395 g/mol. The van der Waals surface area contributed by atoms with E-state index in [1.807, 2.05) is 0 Å². The van der Waals surface area contributed by atoms with Gasteiger partial charge in [0.2, 0.25) is 0 Å². The first-order valence-corrected chi connectivity index (χ1v) is 9.53. The monoisotopic (exact) mass is 413 g/mol. The molecule has 0 heterocycles. The number of carbonyl (C=O) groups is 2. The first-order chi connectivity index (χ1) is 13.2. The molecule has 0 spiro atoms. The molecule has 0 aliphatic heterocycles. The number of esters is 1. The minimum absolute atomic E-state index is 0.00111. The summed E-state index contributed by atoms with van der Waals surface area (Å²) in [6, 6.07) is 11.3. The second-order valence-electron chi connectivity index (χ2n) is 5.78. The van der Waals surface area contributed by atoms with Gasteiger partial charge in [0, 0.05) is 16.2 Å². The second-order valence-corrected chi connectivity index (χ2v) is 7.35. The molecule has 2 aromatic rings. The fourth-order valence-corrected chi connectivity index (χ4v) is 3.53. The van der Waals surface area contributed by atoms with Gasteiger partial charge in [-0.25, -0.2) is 4.79 Å². The minimum atomic E-state index is -4.59. The normalized spacial score (nSPS) is 13.4. The zero-order valence-electron chi connectivity index (χ0n) is 14.9. The summed E-state index contributed by atoms with van der Waals surface area (Å²) >= 11 is 0. The summed E-state index contributed by atoms with van der Waals surface area (Å²) in [4.78, 5) is 24.8. The lowest BCUT2D eigenvalue weighted by molar-refractivity contribution is -0.143. The molecule has 1 amide bonds. The van der Waals surface area contributed by atoms with Crippen molar-refractivity contribution in [3.8, 4) is 0 Å². The molecule has 0 fully saturated rings. The summed E-state index contributed by atoms with van der Waals surface area (Å²) in [5, 5.41) is 2.35. The average molecular weight is 413 g/mol. The first kappa shape index (κ1) is 21.6. The zero-order valence-corrected chi connectivity index (χ0v) is 15.7. The summed E-state index contributed by atoms with van der Waals surface area (Å²) < 4.78 is 55.3. The third-order valence-electron chi connectivity index (χ3n) is 3.84. The van der Waals surface area contributed by atoms with Crippen LogP contribution in [-0.4, -0.2) is 35.0 Å². The molecule has 150 valence electrons. The van der Waals surface area contributed by atoms with E-state index in [0.29, 0.717) is 11.0 Å². The van der Waals surface area contributed by atoms with Crippen molar-refractivity contribution in [2.24, 2.45) is 0 Å². The standard InChI is InChI=1S/C19H18F3NO4S/c1-27-18(25)16(10-11-28(26)15-8-3-2-4-9-15)23-17(24)13-6-5-7-14(12-13)19(20,21)22/h2-9,12,16H,10-11H2,1H3,(H,23,24)/t16-,28-/m0/s1. The van der Waals surface area contributed by atoms with Crippen LogP contribution < -0.4 is 5.32 Å². The molecule has 0 saturated carbocycles. The van der Waals surface area contributed by atoms with E-state index in [2.05, 4.69) is 10.1 Å². The fourth-order valence-electron chi connectivity index (χ4n) is 2.38. The number of carbonyl (C=O) groups excluding carboxylic acids is 2. The molecule has 2 aromatic carbocycles. The smallest absolute Gasteiger partial charge is 0.416 e. The molecule has 0 radical (unpaired) electrons. The maximum atomic E-state index is 12.8. The molecule has 2 atom stereocenters. The van der Waals surface area contributed by atoms with Crippen molar-refractivity contribution in [2.45, 2.75) is 23.5 Å². The van der Waals surface area contributed by atoms with E-state index in [0.717, 1.165) is 19.2 Å². The van der Waals surface area contributed by atoms with Gasteiger partial charge in [-0.2, -0.15) is 13.2 Å². The Hall–Kier alpha value is -2.68. The second kappa shape index (κ2) is 9.50. The van der Waals surface area contributed by atoms with E-state index >= 15 is 0 Å². The summed E-state index contributed by atoms with van der Waals surface area (Å²) in [5.41, 5.74) is -1.21. The molecule has 0 bridgehead atoms. The van der Waals surface area contributed by atoms with Gasteiger partial charge in [0.1, 0.15) is 6.04 Å². The largest absolute Gasteiger partial charge is 0.467 e. The minimum Gasteiger partial charge on any atom is -0.467 e. The van der Waals surface area contributed by atoms with Crippen molar-refractivity contribution in [1.82, 2.24) is 5.32 Å². The molecule has 5 nitrogen and oxygen atoms in total. The van der Waals surface area contributed by atoms with Crippen LogP contribution in [0, 0.1) is 0 Å². The van der Waals surface area contributed by atoms with E-state index < -0.39 is 40.5 Å². The Morgan fingerprint density at radius 2 is 1.79 bits per heavy atom. The van der Waals surface area contributed by atoms with Gasteiger partial charge in [0.25, 0.3) is 5.91 Å². The van der Waals surface area contributed by atoms with E-state index in [4.69, 9.17) is 0 Å². The summed E-state index contributed by atoms with van der Waals surface area (Å²) in [7, 11) is -0.280. The number of benzene rings is 2. The zero-order chi connectivity index (χ0) is 20.7. The Morgan fingerprint density at radius 3 is 2.39 bits per heavy atom. The number of alkyl halides is 3. The highest BCUT2D eigenvalue weighted by molar-refractivity contribution is 7.85. The highest BCUT2D eigenvalue weighted by Gasteiger charge is 2.31. The van der Waals surface area contributed by atoms with Crippen molar-refractivity contribution in [3.05, 3.63) is 65.7 Å². The third-order valence-corrected chi connectivity index (χ3v) is 5.25. The van der Waals surface area contributed by atoms with Crippen LogP contribution in [0.1, 0.15) is 22.3 Å². The van der Waals surface area contributed by atoms with Gasteiger partial charge in [0.15, 0.2) is 0 Å². The average Bonchev–Trinajstić information content (AvgIpc) is 2.70. The number of methoxy groups -OCH3 is 1. The maximum absolute atomic E-state index is 12.8. The maximum Gasteiger partial charge on any atom is 0.416 e. The number of amides is 1. The lowest BCUT2D eigenvalue weighted by Gasteiger charge is -2.17. The van der Waals surface area contributed by atoms with Crippen LogP contribution in [0.4, 0.5) is 13.2 Å². The van der Waals surface area contributed by atoms with Gasteiger partial charge in [-0.3, -0.25) is 9.00 Å². The van der Waals surface area contributed by atoms with Crippen molar-refractivity contribution >= 4 is 22.7 Å². The Kier molecular flexibility index (Phi) is 7.33. The number of hydrogen-bond acceptors (Lipinski definition) is 4. The number of halogens is 3. The fraction of sp³-hybridized carbons (Fsp3) is 0.263. The number of rotatable bonds is 7. The quantitative estimate of drug-likeness (QED) is 0.708. The Morgan fingerprint density at radius 1 is 1.11 bits per heavy atom. The molecule has 0 unspecified atom stereocenters. The van der Waals surface area contributed by atoms with E-state index in [-0.39, 0.29) is 17.7 Å². The van der Waals surface area contributed by atoms with Crippen LogP contribution in [0.15, 0.2) is 59.5 Å². The van der Waals surface area contributed by atoms with Crippen molar-refractivity contribution in [1.29, 1.82) is 0 Å². The van der Waals surface area contributed by atoms with E-state index in [1.54, 1.807) is 30.3 Å². The van der Waals surface area contributed by atoms with Crippen LogP contribution in [0.25, 0.3) is 0 Å². The van der Waals surface area contributed by atoms with Gasteiger partial charge in [-0.15, -0.1) is 0 Å². The molecule has 0 saturated heterocycles. The van der Waals surface area contributed by atoms with Gasteiger partial charge in [0.05, 0.1) is 23.5 Å². The Balaban J connectivity index is 2.08.